The van der Waals surface area contributed by atoms with Crippen molar-refractivity contribution < 1.29 is 9.53 Å². The minimum atomic E-state index is -0.497. The van der Waals surface area contributed by atoms with Gasteiger partial charge in [-0.25, -0.2) is 0 Å². The van der Waals surface area contributed by atoms with Crippen LogP contribution in [0, 0.1) is 0 Å². The topological polar surface area (TPSA) is 41.6 Å². The maximum Gasteiger partial charge on any atom is 0.243 e. The first-order valence-electron chi connectivity index (χ1n) is 6.73. The summed E-state index contributed by atoms with van der Waals surface area (Å²) in [5.74, 6) is 0.166. The molecule has 4 nitrogen and oxygen atoms in total. The van der Waals surface area contributed by atoms with Crippen LogP contribution in [0.4, 0.5) is 0 Å². The Balaban J connectivity index is 2.04. The Morgan fingerprint density at radius 3 is 2.79 bits per heavy atom. The van der Waals surface area contributed by atoms with Gasteiger partial charge in [0.05, 0.1) is 5.54 Å². The second-order valence-electron chi connectivity index (χ2n) is 5.21. The fourth-order valence-corrected chi connectivity index (χ4v) is 2.45. The number of nitrogens with one attached hydrogen (secondary N) is 1. The normalized spacial score (nSPS) is 23.7. The number of benzene rings is 1. The highest BCUT2D eigenvalue weighted by molar-refractivity contribution is 5.86. The molecule has 104 valence electrons. The Morgan fingerprint density at radius 1 is 1.37 bits per heavy atom. The van der Waals surface area contributed by atoms with E-state index in [0.717, 1.165) is 13.1 Å². The van der Waals surface area contributed by atoms with E-state index in [4.69, 9.17) is 4.74 Å². The van der Waals surface area contributed by atoms with Crippen LogP contribution in [0.3, 0.4) is 0 Å². The van der Waals surface area contributed by atoms with Gasteiger partial charge in [0, 0.05) is 33.4 Å². The molecule has 0 radical (unpaired) electrons. The third-order valence-electron chi connectivity index (χ3n) is 3.68. The van der Waals surface area contributed by atoms with E-state index in [2.05, 4.69) is 17.4 Å². The highest BCUT2D eigenvalue weighted by Gasteiger charge is 2.38. The van der Waals surface area contributed by atoms with Crippen LogP contribution >= 0.6 is 0 Å². The highest BCUT2D eigenvalue weighted by Crippen LogP contribution is 2.19. The first-order valence-corrected chi connectivity index (χ1v) is 6.73. The van der Waals surface area contributed by atoms with Crippen LogP contribution in [0.2, 0.25) is 0 Å². The zero-order valence-corrected chi connectivity index (χ0v) is 11.7. The van der Waals surface area contributed by atoms with Crippen molar-refractivity contribution in [3.8, 4) is 0 Å². The lowest BCUT2D eigenvalue weighted by Crippen LogP contribution is -2.62. The van der Waals surface area contributed by atoms with Crippen LogP contribution < -0.4 is 5.32 Å². The molecule has 1 aliphatic heterocycles. The van der Waals surface area contributed by atoms with Crippen molar-refractivity contribution in [1.29, 1.82) is 0 Å². The van der Waals surface area contributed by atoms with Crippen LogP contribution in [-0.4, -0.2) is 43.2 Å². The quantitative estimate of drug-likeness (QED) is 0.872. The first-order chi connectivity index (χ1) is 9.15. The molecule has 0 aliphatic carbocycles. The number of rotatable bonds is 5. The number of amides is 1. The van der Waals surface area contributed by atoms with Crippen molar-refractivity contribution in [2.24, 2.45) is 0 Å². The molecule has 1 N–H and O–H groups in total. The third kappa shape index (κ3) is 3.33. The average molecular weight is 262 g/mol. The molecule has 1 heterocycles. The molecule has 0 bridgehead atoms. The van der Waals surface area contributed by atoms with Crippen molar-refractivity contribution in [3.63, 3.8) is 0 Å². The predicted molar refractivity (Wildman–Crippen MR) is 74.8 cm³/mol. The lowest BCUT2D eigenvalue weighted by Gasteiger charge is -2.40. The van der Waals surface area contributed by atoms with E-state index in [1.54, 1.807) is 7.11 Å². The number of hydrogen-bond acceptors (Lipinski definition) is 3. The largest absolute Gasteiger partial charge is 0.385 e. The summed E-state index contributed by atoms with van der Waals surface area (Å²) in [4.78, 5) is 14.5. The fraction of sp³-hybridized carbons (Fsp3) is 0.533. The standard InChI is InChI=1S/C15H22N2O2/c1-15(8-11-19-2)14(18)17(10-9-16-15)12-13-6-4-3-5-7-13/h3-7,16H,8-12H2,1-2H3. The molecule has 1 aromatic rings. The van der Waals surface area contributed by atoms with Crippen molar-refractivity contribution >= 4 is 5.91 Å². The van der Waals surface area contributed by atoms with Gasteiger partial charge in [0.1, 0.15) is 0 Å². The Bertz CT molecular complexity index is 421. The molecule has 0 saturated carbocycles. The molecule has 1 fully saturated rings. The molecule has 0 aromatic heterocycles. The van der Waals surface area contributed by atoms with E-state index < -0.39 is 5.54 Å². The lowest BCUT2D eigenvalue weighted by atomic mass is 9.93. The van der Waals surface area contributed by atoms with Gasteiger partial charge in [0.15, 0.2) is 0 Å². The van der Waals surface area contributed by atoms with Crippen LogP contribution in [0.1, 0.15) is 18.9 Å². The molecule has 1 unspecified atom stereocenters. The van der Waals surface area contributed by atoms with Gasteiger partial charge in [-0.3, -0.25) is 4.79 Å². The van der Waals surface area contributed by atoms with E-state index in [1.165, 1.54) is 5.56 Å². The first kappa shape index (κ1) is 14.0. The SMILES string of the molecule is COCCC1(C)NCCN(Cc2ccccc2)C1=O. The predicted octanol–water partition coefficient (Wildman–Crippen LogP) is 1.41. The summed E-state index contributed by atoms with van der Waals surface area (Å²) in [6.45, 7) is 4.83. The van der Waals surface area contributed by atoms with E-state index >= 15 is 0 Å². The van der Waals surface area contributed by atoms with Crippen molar-refractivity contribution in [3.05, 3.63) is 35.9 Å². The maximum absolute atomic E-state index is 12.6. The fourth-order valence-electron chi connectivity index (χ4n) is 2.45. The number of piperazine rings is 1. The number of carbonyl (C=O) groups is 1. The number of hydrogen-bond donors (Lipinski definition) is 1. The van der Waals surface area contributed by atoms with Gasteiger partial charge in [-0.2, -0.15) is 0 Å². The molecule has 1 aromatic carbocycles. The Labute approximate surface area is 114 Å². The summed E-state index contributed by atoms with van der Waals surface area (Å²) in [6.07, 6.45) is 0.702. The zero-order valence-electron chi connectivity index (χ0n) is 11.7. The van der Waals surface area contributed by atoms with Gasteiger partial charge in [-0.1, -0.05) is 30.3 Å². The molecule has 19 heavy (non-hydrogen) atoms. The minimum absolute atomic E-state index is 0.166. The number of nitrogens with zero attached hydrogens (tertiary/aromatic N) is 1. The Hall–Kier alpha value is -1.39. The van der Waals surface area contributed by atoms with Crippen LogP contribution in [0.5, 0.6) is 0 Å². The number of methoxy groups -OCH3 is 1. The van der Waals surface area contributed by atoms with Gasteiger partial charge in [0.2, 0.25) is 5.91 Å². The second kappa shape index (κ2) is 6.17. The van der Waals surface area contributed by atoms with Gasteiger partial charge in [0.25, 0.3) is 0 Å². The smallest absolute Gasteiger partial charge is 0.243 e. The average Bonchev–Trinajstić information content (AvgIpc) is 2.43. The minimum Gasteiger partial charge on any atom is -0.385 e. The zero-order chi connectivity index (χ0) is 13.7. The summed E-state index contributed by atoms with van der Waals surface area (Å²) in [7, 11) is 1.67. The van der Waals surface area contributed by atoms with E-state index in [1.807, 2.05) is 30.0 Å². The van der Waals surface area contributed by atoms with Crippen molar-refractivity contribution in [1.82, 2.24) is 10.2 Å². The van der Waals surface area contributed by atoms with Gasteiger partial charge in [-0.15, -0.1) is 0 Å². The lowest BCUT2D eigenvalue weighted by molar-refractivity contribution is -0.142. The molecule has 1 aliphatic rings. The summed E-state index contributed by atoms with van der Waals surface area (Å²) < 4.78 is 5.10. The molecule has 0 spiro atoms. The molecule has 1 saturated heterocycles. The molecule has 2 rings (SSSR count). The monoisotopic (exact) mass is 262 g/mol. The maximum atomic E-state index is 12.6. The summed E-state index contributed by atoms with van der Waals surface area (Å²) in [6, 6.07) is 10.1. The van der Waals surface area contributed by atoms with Gasteiger partial charge >= 0.3 is 0 Å². The molecule has 4 heteroatoms. The van der Waals surface area contributed by atoms with E-state index in [-0.39, 0.29) is 5.91 Å². The highest BCUT2D eigenvalue weighted by atomic mass is 16.5. The number of ether oxygens (including phenoxy) is 1. The van der Waals surface area contributed by atoms with Crippen molar-refractivity contribution in [2.75, 3.05) is 26.8 Å². The molecule has 1 atom stereocenters. The summed E-state index contributed by atoms with van der Waals surface area (Å²) >= 11 is 0. The summed E-state index contributed by atoms with van der Waals surface area (Å²) in [5.41, 5.74) is 0.676. The van der Waals surface area contributed by atoms with Gasteiger partial charge in [-0.05, 0) is 18.9 Å². The van der Waals surface area contributed by atoms with E-state index in [9.17, 15) is 4.79 Å². The van der Waals surface area contributed by atoms with Crippen molar-refractivity contribution in [2.45, 2.75) is 25.4 Å². The molecule has 1 amide bonds. The Kier molecular flexibility index (Phi) is 4.56. The van der Waals surface area contributed by atoms with E-state index in [0.29, 0.717) is 19.6 Å². The van der Waals surface area contributed by atoms with Crippen LogP contribution in [-0.2, 0) is 16.1 Å². The molecular formula is C15H22N2O2. The Morgan fingerprint density at radius 2 is 2.11 bits per heavy atom. The molecular weight excluding hydrogens is 240 g/mol. The summed E-state index contributed by atoms with van der Waals surface area (Å²) in [5, 5.41) is 3.32. The third-order valence-corrected chi connectivity index (χ3v) is 3.68. The van der Waals surface area contributed by atoms with Crippen LogP contribution in [0.15, 0.2) is 30.3 Å². The second-order valence-corrected chi connectivity index (χ2v) is 5.21. The van der Waals surface area contributed by atoms with Crippen LogP contribution in [0.25, 0.3) is 0 Å². The van der Waals surface area contributed by atoms with Gasteiger partial charge < -0.3 is 15.0 Å². The number of carbonyl (C=O) groups excluding carboxylic acids is 1.